The van der Waals surface area contributed by atoms with E-state index < -0.39 is 5.97 Å². The second kappa shape index (κ2) is 8.61. The number of aromatic carboxylic acids is 1. The van der Waals surface area contributed by atoms with Crippen molar-refractivity contribution in [2.75, 3.05) is 0 Å². The van der Waals surface area contributed by atoms with Gasteiger partial charge in [0.15, 0.2) is 0 Å². The molecular formula is C22H23N3O3. The van der Waals surface area contributed by atoms with Crippen molar-refractivity contribution < 1.29 is 14.7 Å². The summed E-state index contributed by atoms with van der Waals surface area (Å²) >= 11 is 0. The molecule has 0 fully saturated rings. The van der Waals surface area contributed by atoms with Gasteiger partial charge in [-0.3, -0.25) is 4.79 Å². The molecule has 0 radical (unpaired) electrons. The molecule has 1 aromatic heterocycles. The minimum Gasteiger partial charge on any atom is -0.478 e. The molecule has 1 heterocycles. The van der Waals surface area contributed by atoms with Gasteiger partial charge in [0.1, 0.15) is 5.82 Å². The van der Waals surface area contributed by atoms with Gasteiger partial charge in [0.2, 0.25) is 11.6 Å². The molecule has 6 heteroatoms. The SMILES string of the molecule is CCCn1nc(C(=O)CC)nc1Cc1ccc(-c2ccccc2C(=O)O)cc1. The first-order valence-electron chi connectivity index (χ1n) is 9.42. The second-order valence-electron chi connectivity index (χ2n) is 6.58. The highest BCUT2D eigenvalue weighted by atomic mass is 16.4. The minimum atomic E-state index is -0.944. The molecule has 2 aromatic carbocycles. The molecular weight excluding hydrogens is 354 g/mol. The number of carbonyl (C=O) groups is 2. The maximum atomic E-state index is 11.9. The zero-order chi connectivity index (χ0) is 20.1. The van der Waals surface area contributed by atoms with E-state index in [0.717, 1.165) is 23.4 Å². The van der Waals surface area contributed by atoms with Crippen molar-refractivity contribution in [3.63, 3.8) is 0 Å². The van der Waals surface area contributed by atoms with Crippen LogP contribution in [0.3, 0.4) is 0 Å². The van der Waals surface area contributed by atoms with Crippen molar-refractivity contribution in [2.45, 2.75) is 39.7 Å². The molecule has 0 spiro atoms. The highest BCUT2D eigenvalue weighted by Gasteiger charge is 2.15. The Labute approximate surface area is 163 Å². The predicted molar refractivity (Wildman–Crippen MR) is 107 cm³/mol. The fourth-order valence-electron chi connectivity index (χ4n) is 3.08. The summed E-state index contributed by atoms with van der Waals surface area (Å²) in [5.41, 5.74) is 2.84. The third-order valence-electron chi connectivity index (χ3n) is 4.54. The number of carbonyl (C=O) groups excluding carboxylic acids is 1. The van der Waals surface area contributed by atoms with E-state index in [1.54, 1.807) is 29.8 Å². The number of aryl methyl sites for hydroxylation is 1. The van der Waals surface area contributed by atoms with E-state index in [4.69, 9.17) is 0 Å². The number of carboxylic acids is 1. The number of hydrogen-bond donors (Lipinski definition) is 1. The lowest BCUT2D eigenvalue weighted by Crippen LogP contribution is -2.06. The van der Waals surface area contributed by atoms with Gasteiger partial charge in [-0.25, -0.2) is 14.5 Å². The first-order valence-corrected chi connectivity index (χ1v) is 9.42. The summed E-state index contributed by atoms with van der Waals surface area (Å²) in [6.45, 7) is 4.57. The van der Waals surface area contributed by atoms with Gasteiger partial charge in [0.25, 0.3) is 0 Å². The average molecular weight is 377 g/mol. The summed E-state index contributed by atoms with van der Waals surface area (Å²) < 4.78 is 1.80. The number of Topliss-reactive ketones (excluding diaryl/α,β-unsaturated/α-hetero) is 1. The first kappa shape index (κ1) is 19.5. The summed E-state index contributed by atoms with van der Waals surface area (Å²) in [7, 11) is 0. The van der Waals surface area contributed by atoms with E-state index in [-0.39, 0.29) is 17.2 Å². The van der Waals surface area contributed by atoms with Gasteiger partial charge in [0, 0.05) is 19.4 Å². The second-order valence-corrected chi connectivity index (χ2v) is 6.58. The van der Waals surface area contributed by atoms with Crippen LogP contribution in [0.25, 0.3) is 11.1 Å². The summed E-state index contributed by atoms with van der Waals surface area (Å²) in [5.74, 6) is 0.0347. The zero-order valence-electron chi connectivity index (χ0n) is 16.1. The summed E-state index contributed by atoms with van der Waals surface area (Å²) in [4.78, 5) is 27.8. The Kier molecular flexibility index (Phi) is 5.99. The molecule has 0 unspecified atom stereocenters. The predicted octanol–water partition coefficient (Wildman–Crippen LogP) is 4.24. The standard InChI is InChI=1S/C22H23N3O3/c1-3-13-25-20(23-21(24-25)19(26)4-2)14-15-9-11-16(12-10-15)17-7-5-6-8-18(17)22(27)28/h5-12H,3-4,13-14H2,1-2H3,(H,27,28). The van der Waals surface area contributed by atoms with Crippen molar-refractivity contribution in [1.29, 1.82) is 0 Å². The normalized spacial score (nSPS) is 10.8. The monoisotopic (exact) mass is 377 g/mol. The smallest absolute Gasteiger partial charge is 0.336 e. The molecule has 0 amide bonds. The molecule has 0 bridgehead atoms. The van der Waals surface area contributed by atoms with Crippen molar-refractivity contribution in [3.8, 4) is 11.1 Å². The maximum absolute atomic E-state index is 11.9. The summed E-state index contributed by atoms with van der Waals surface area (Å²) in [6.07, 6.45) is 1.85. The van der Waals surface area contributed by atoms with Gasteiger partial charge < -0.3 is 5.11 Å². The molecule has 144 valence electrons. The number of carboxylic acid groups (broad SMARTS) is 1. The quantitative estimate of drug-likeness (QED) is 0.594. The van der Waals surface area contributed by atoms with E-state index >= 15 is 0 Å². The van der Waals surface area contributed by atoms with Gasteiger partial charge in [-0.2, -0.15) is 0 Å². The lowest BCUT2D eigenvalue weighted by atomic mass is 9.98. The van der Waals surface area contributed by atoms with Gasteiger partial charge in [0.05, 0.1) is 5.56 Å². The molecule has 3 aromatic rings. The molecule has 3 rings (SSSR count). The van der Waals surface area contributed by atoms with E-state index in [1.165, 1.54) is 0 Å². The van der Waals surface area contributed by atoms with Crippen molar-refractivity contribution in [3.05, 3.63) is 71.3 Å². The Balaban J connectivity index is 1.86. The van der Waals surface area contributed by atoms with Crippen LogP contribution in [0, 0.1) is 0 Å². The van der Waals surface area contributed by atoms with Crippen LogP contribution < -0.4 is 0 Å². The fraction of sp³-hybridized carbons (Fsp3) is 0.273. The van der Waals surface area contributed by atoms with Crippen molar-refractivity contribution >= 4 is 11.8 Å². The topological polar surface area (TPSA) is 85.1 Å². The van der Waals surface area contributed by atoms with Crippen molar-refractivity contribution in [2.24, 2.45) is 0 Å². The number of rotatable bonds is 8. The van der Waals surface area contributed by atoms with Crippen LogP contribution in [-0.2, 0) is 13.0 Å². The molecule has 0 aliphatic heterocycles. The molecule has 0 saturated heterocycles. The fourth-order valence-corrected chi connectivity index (χ4v) is 3.08. The lowest BCUT2D eigenvalue weighted by molar-refractivity contribution is 0.0697. The average Bonchev–Trinajstić information content (AvgIpc) is 3.10. The van der Waals surface area contributed by atoms with Gasteiger partial charge in [-0.1, -0.05) is 56.3 Å². The number of nitrogens with zero attached hydrogens (tertiary/aromatic N) is 3. The number of aromatic nitrogens is 3. The molecule has 6 nitrogen and oxygen atoms in total. The van der Waals surface area contributed by atoms with E-state index in [2.05, 4.69) is 17.0 Å². The lowest BCUT2D eigenvalue weighted by Gasteiger charge is -2.08. The number of ketones is 1. The Bertz CT molecular complexity index is 991. The van der Waals surface area contributed by atoms with Gasteiger partial charge in [-0.05, 0) is 29.2 Å². The van der Waals surface area contributed by atoms with Gasteiger partial charge in [-0.15, -0.1) is 5.10 Å². The Morgan fingerprint density at radius 3 is 2.39 bits per heavy atom. The minimum absolute atomic E-state index is 0.0586. The molecule has 0 aliphatic carbocycles. The number of benzene rings is 2. The summed E-state index contributed by atoms with van der Waals surface area (Å²) in [5, 5.41) is 13.7. The van der Waals surface area contributed by atoms with E-state index in [0.29, 0.717) is 24.9 Å². The van der Waals surface area contributed by atoms with E-state index in [9.17, 15) is 14.7 Å². The molecule has 0 saturated carbocycles. The van der Waals surface area contributed by atoms with Crippen molar-refractivity contribution in [1.82, 2.24) is 14.8 Å². The maximum Gasteiger partial charge on any atom is 0.336 e. The highest BCUT2D eigenvalue weighted by molar-refractivity contribution is 5.96. The number of hydrogen-bond acceptors (Lipinski definition) is 4. The molecule has 0 atom stereocenters. The van der Waals surface area contributed by atoms with Crippen LogP contribution in [0.5, 0.6) is 0 Å². The van der Waals surface area contributed by atoms with Crippen LogP contribution >= 0.6 is 0 Å². The first-order chi connectivity index (χ1) is 13.5. The van der Waals surface area contributed by atoms with Crippen LogP contribution in [0.4, 0.5) is 0 Å². The Morgan fingerprint density at radius 2 is 1.75 bits per heavy atom. The Morgan fingerprint density at radius 1 is 1.04 bits per heavy atom. The van der Waals surface area contributed by atoms with Crippen LogP contribution in [0.1, 0.15) is 59.1 Å². The molecule has 1 N–H and O–H groups in total. The van der Waals surface area contributed by atoms with Crippen LogP contribution in [-0.4, -0.2) is 31.6 Å². The van der Waals surface area contributed by atoms with Crippen LogP contribution in [0.2, 0.25) is 0 Å². The van der Waals surface area contributed by atoms with Gasteiger partial charge >= 0.3 is 5.97 Å². The largest absolute Gasteiger partial charge is 0.478 e. The zero-order valence-corrected chi connectivity index (χ0v) is 16.1. The molecule has 28 heavy (non-hydrogen) atoms. The molecule has 0 aliphatic rings. The Hall–Kier alpha value is -3.28. The highest BCUT2D eigenvalue weighted by Crippen LogP contribution is 2.24. The van der Waals surface area contributed by atoms with Crippen LogP contribution in [0.15, 0.2) is 48.5 Å². The summed E-state index contributed by atoms with van der Waals surface area (Å²) in [6, 6.07) is 14.7. The third-order valence-corrected chi connectivity index (χ3v) is 4.54. The third kappa shape index (κ3) is 4.17. The van der Waals surface area contributed by atoms with E-state index in [1.807, 2.05) is 30.3 Å².